The van der Waals surface area contributed by atoms with Gasteiger partial charge in [0.1, 0.15) is 6.07 Å². The highest BCUT2D eigenvalue weighted by molar-refractivity contribution is 6.20. The second-order valence-corrected chi connectivity index (χ2v) is 14.2. The standard InChI is InChI=1S/C51H31N7/c52-32-42-47(33-14-22-53-23-15-33)49(35-18-26-55-27-19-35)51(50(36-20-28-56-29-21-36)48(42)34-16-24-54-25-17-34)58-44-13-7-5-11-39(44)41-30-40-38-10-4-6-12-43(38)57(45(40)31-46(41)58)37-8-2-1-3-9-37/h1-31H. The number of benzene rings is 5. The smallest absolute Gasteiger partial charge is 0.100 e. The van der Waals surface area contributed by atoms with E-state index in [1.54, 1.807) is 24.8 Å². The Labute approximate surface area is 333 Å². The van der Waals surface area contributed by atoms with E-state index in [4.69, 9.17) is 0 Å². The average molecular weight is 742 g/mol. The Morgan fingerprint density at radius 3 is 1.22 bits per heavy atom. The van der Waals surface area contributed by atoms with Crippen LogP contribution in [0.5, 0.6) is 0 Å². The van der Waals surface area contributed by atoms with Crippen molar-refractivity contribution < 1.29 is 0 Å². The van der Waals surface area contributed by atoms with Gasteiger partial charge in [0, 0.05) is 99.1 Å². The van der Waals surface area contributed by atoms with Crippen LogP contribution in [0.3, 0.4) is 0 Å². The van der Waals surface area contributed by atoms with E-state index in [9.17, 15) is 5.26 Å². The molecular weight excluding hydrogens is 711 g/mol. The van der Waals surface area contributed by atoms with E-state index in [1.807, 2.05) is 73.3 Å². The van der Waals surface area contributed by atoms with Crippen LogP contribution >= 0.6 is 0 Å². The van der Waals surface area contributed by atoms with E-state index in [0.717, 1.165) is 88.7 Å². The number of hydrogen-bond donors (Lipinski definition) is 0. The maximum absolute atomic E-state index is 11.4. The van der Waals surface area contributed by atoms with Crippen molar-refractivity contribution >= 4 is 43.6 Å². The highest BCUT2D eigenvalue weighted by Crippen LogP contribution is 2.52. The summed E-state index contributed by atoms with van der Waals surface area (Å²) in [5.74, 6) is 0. The molecule has 270 valence electrons. The van der Waals surface area contributed by atoms with Gasteiger partial charge < -0.3 is 9.13 Å². The summed E-state index contributed by atoms with van der Waals surface area (Å²) in [7, 11) is 0. The predicted octanol–water partition coefficient (Wildman–Crippen LogP) is 12.0. The van der Waals surface area contributed by atoms with Crippen LogP contribution in [0.1, 0.15) is 5.56 Å². The molecule has 0 amide bonds. The normalized spacial score (nSPS) is 11.4. The number of aromatic nitrogens is 6. The summed E-state index contributed by atoms with van der Waals surface area (Å²) >= 11 is 0. The molecule has 11 rings (SSSR count). The molecule has 0 aliphatic rings. The molecule has 0 saturated carbocycles. The van der Waals surface area contributed by atoms with Gasteiger partial charge in [0.15, 0.2) is 0 Å². The summed E-state index contributed by atoms with van der Waals surface area (Å²) in [6.45, 7) is 0. The molecule has 0 radical (unpaired) electrons. The van der Waals surface area contributed by atoms with Gasteiger partial charge in [-0.05, 0) is 107 Å². The Morgan fingerprint density at radius 2 is 0.759 bits per heavy atom. The number of fused-ring (bicyclic) bond motifs is 6. The summed E-state index contributed by atoms with van der Waals surface area (Å²) in [6.07, 6.45) is 14.4. The second kappa shape index (κ2) is 13.5. The van der Waals surface area contributed by atoms with Gasteiger partial charge in [-0.1, -0.05) is 54.6 Å². The lowest BCUT2D eigenvalue weighted by Gasteiger charge is -2.27. The third kappa shape index (κ3) is 5.06. The van der Waals surface area contributed by atoms with Gasteiger partial charge in [-0.15, -0.1) is 0 Å². The zero-order valence-corrected chi connectivity index (χ0v) is 31.0. The number of nitrogens with zero attached hydrogens (tertiary/aromatic N) is 7. The minimum atomic E-state index is 0.548. The SMILES string of the molecule is N#Cc1c(-c2ccncc2)c(-c2ccncc2)c(-n2c3ccccc3c3cc4c5ccccc5n(-c5ccccc5)c4cc32)c(-c2ccncc2)c1-c1ccncc1. The van der Waals surface area contributed by atoms with Gasteiger partial charge >= 0.3 is 0 Å². The topological polar surface area (TPSA) is 85.2 Å². The number of rotatable bonds is 6. The summed E-state index contributed by atoms with van der Waals surface area (Å²) in [5.41, 5.74) is 13.9. The van der Waals surface area contributed by atoms with Crippen LogP contribution in [0.2, 0.25) is 0 Å². The van der Waals surface area contributed by atoms with Crippen molar-refractivity contribution in [3.05, 3.63) is 195 Å². The van der Waals surface area contributed by atoms with E-state index >= 15 is 0 Å². The largest absolute Gasteiger partial charge is 0.309 e. The van der Waals surface area contributed by atoms with Crippen LogP contribution in [0, 0.1) is 11.3 Å². The number of para-hydroxylation sites is 3. The van der Waals surface area contributed by atoms with Crippen molar-refractivity contribution in [3.8, 4) is 62.0 Å². The van der Waals surface area contributed by atoms with Gasteiger partial charge in [-0.2, -0.15) is 5.26 Å². The van der Waals surface area contributed by atoms with E-state index in [1.165, 1.54) is 10.8 Å². The van der Waals surface area contributed by atoms with Crippen molar-refractivity contribution in [1.82, 2.24) is 29.1 Å². The van der Waals surface area contributed by atoms with Gasteiger partial charge in [0.25, 0.3) is 0 Å². The first-order valence-electron chi connectivity index (χ1n) is 19.1. The first kappa shape index (κ1) is 33.2. The van der Waals surface area contributed by atoms with Crippen LogP contribution in [-0.2, 0) is 0 Å². The van der Waals surface area contributed by atoms with E-state index in [-0.39, 0.29) is 0 Å². The van der Waals surface area contributed by atoms with Gasteiger partial charge in [0.2, 0.25) is 0 Å². The Balaban J connectivity index is 1.43. The van der Waals surface area contributed by atoms with Crippen LogP contribution < -0.4 is 0 Å². The second-order valence-electron chi connectivity index (χ2n) is 14.2. The third-order valence-electron chi connectivity index (χ3n) is 11.2. The van der Waals surface area contributed by atoms with Crippen LogP contribution in [0.4, 0.5) is 0 Å². The lowest BCUT2D eigenvalue weighted by Crippen LogP contribution is -2.07. The minimum absolute atomic E-state index is 0.548. The minimum Gasteiger partial charge on any atom is -0.309 e. The molecule has 11 aromatic rings. The molecule has 0 fully saturated rings. The van der Waals surface area contributed by atoms with Gasteiger partial charge in [-0.25, -0.2) is 0 Å². The summed E-state index contributed by atoms with van der Waals surface area (Å²) in [6, 6.07) is 51.3. The maximum Gasteiger partial charge on any atom is 0.100 e. The van der Waals surface area contributed by atoms with Crippen molar-refractivity contribution in [3.63, 3.8) is 0 Å². The molecule has 6 aromatic heterocycles. The third-order valence-corrected chi connectivity index (χ3v) is 11.2. The Hall–Kier alpha value is -8.21. The quantitative estimate of drug-likeness (QED) is 0.169. The Kier molecular flexibility index (Phi) is 7.73. The molecule has 0 aliphatic heterocycles. The van der Waals surface area contributed by atoms with Crippen molar-refractivity contribution in [2.45, 2.75) is 0 Å². The lowest BCUT2D eigenvalue weighted by molar-refractivity contribution is 1.16. The molecule has 58 heavy (non-hydrogen) atoms. The molecule has 0 atom stereocenters. The zero-order valence-electron chi connectivity index (χ0n) is 31.0. The van der Waals surface area contributed by atoms with E-state index in [2.05, 4.69) is 126 Å². The molecule has 5 aromatic carbocycles. The summed E-state index contributed by atoms with van der Waals surface area (Å²) in [5, 5.41) is 16.1. The molecule has 7 heteroatoms. The monoisotopic (exact) mass is 741 g/mol. The fourth-order valence-electron chi connectivity index (χ4n) is 8.81. The van der Waals surface area contributed by atoms with Gasteiger partial charge in [0.05, 0.1) is 33.3 Å². The predicted molar refractivity (Wildman–Crippen MR) is 233 cm³/mol. The number of pyridine rings is 4. The number of hydrogen-bond acceptors (Lipinski definition) is 5. The lowest BCUT2D eigenvalue weighted by atomic mass is 9.80. The zero-order chi connectivity index (χ0) is 38.6. The highest BCUT2D eigenvalue weighted by Gasteiger charge is 2.31. The van der Waals surface area contributed by atoms with Crippen molar-refractivity contribution in [2.24, 2.45) is 0 Å². The first-order valence-corrected chi connectivity index (χ1v) is 19.1. The summed E-state index contributed by atoms with van der Waals surface area (Å²) in [4.78, 5) is 17.7. The molecule has 0 saturated heterocycles. The molecule has 0 unspecified atom stereocenters. The molecule has 0 N–H and O–H groups in total. The van der Waals surface area contributed by atoms with Crippen LogP contribution in [0.15, 0.2) is 189 Å². The molecule has 7 nitrogen and oxygen atoms in total. The van der Waals surface area contributed by atoms with E-state index in [0.29, 0.717) is 5.56 Å². The molecular formula is C51H31N7. The van der Waals surface area contributed by atoms with Crippen molar-refractivity contribution in [2.75, 3.05) is 0 Å². The van der Waals surface area contributed by atoms with Crippen LogP contribution in [0.25, 0.3) is 99.5 Å². The van der Waals surface area contributed by atoms with Crippen molar-refractivity contribution in [1.29, 1.82) is 5.26 Å². The molecule has 6 heterocycles. The van der Waals surface area contributed by atoms with Gasteiger partial charge in [-0.3, -0.25) is 19.9 Å². The highest BCUT2D eigenvalue weighted by atomic mass is 15.0. The molecule has 0 bridgehead atoms. The molecule has 0 aliphatic carbocycles. The fourth-order valence-corrected chi connectivity index (χ4v) is 8.81. The molecule has 0 spiro atoms. The fraction of sp³-hybridized carbons (Fsp3) is 0. The Morgan fingerprint density at radius 1 is 0.362 bits per heavy atom. The van der Waals surface area contributed by atoms with Crippen LogP contribution in [-0.4, -0.2) is 29.1 Å². The number of nitriles is 1. The summed E-state index contributed by atoms with van der Waals surface area (Å²) < 4.78 is 4.78. The average Bonchev–Trinajstić information content (AvgIpc) is 3.80. The maximum atomic E-state index is 11.4. The first-order chi connectivity index (χ1) is 28.8. The Bertz CT molecular complexity index is 3260. The van der Waals surface area contributed by atoms with E-state index < -0.39 is 0 Å².